The quantitative estimate of drug-likeness (QED) is 0.520. The normalized spacial score (nSPS) is 22.9. The number of benzene rings is 2. The number of hydrogen-bond donors (Lipinski definition) is 2. The lowest BCUT2D eigenvalue weighted by atomic mass is 9.61. The van der Waals surface area contributed by atoms with E-state index in [-0.39, 0.29) is 34.9 Å². The van der Waals surface area contributed by atoms with E-state index in [2.05, 4.69) is 11.4 Å². The minimum atomic E-state index is -1.67. The maximum Gasteiger partial charge on any atom is 0.271 e. The SMILES string of the molecule is CC1(C)CC(=O)C2=C(C1)N(c1cccc([N+](=O)[O-])c1)C(N)=C(C#N)C21C(=O)Nc2ccccc21. The summed E-state index contributed by atoms with van der Waals surface area (Å²) in [6, 6.07) is 14.9. The molecule has 5 rings (SSSR count). The molecule has 3 N–H and O–H groups in total. The second kappa shape index (κ2) is 7.02. The first-order chi connectivity index (χ1) is 16.1. The fraction of sp³-hybridized carbons (Fsp3) is 0.240. The van der Waals surface area contributed by atoms with Crippen molar-refractivity contribution in [2.75, 3.05) is 10.2 Å². The highest BCUT2D eigenvalue weighted by molar-refractivity contribution is 6.20. The number of nitriles is 1. The largest absolute Gasteiger partial charge is 0.384 e. The van der Waals surface area contributed by atoms with Crippen molar-refractivity contribution in [1.29, 1.82) is 5.26 Å². The molecule has 9 nitrogen and oxygen atoms in total. The van der Waals surface area contributed by atoms with Gasteiger partial charge in [0.15, 0.2) is 5.78 Å². The van der Waals surface area contributed by atoms with E-state index >= 15 is 0 Å². The number of nitro groups is 1. The van der Waals surface area contributed by atoms with Crippen molar-refractivity contribution in [3.05, 3.63) is 86.9 Å². The molecular weight excluding hydrogens is 434 g/mol. The number of fused-ring (bicyclic) bond motifs is 3. The van der Waals surface area contributed by atoms with Crippen molar-refractivity contribution >= 4 is 28.8 Å². The van der Waals surface area contributed by atoms with E-state index in [0.29, 0.717) is 29.1 Å². The summed E-state index contributed by atoms with van der Waals surface area (Å²) in [7, 11) is 0. The van der Waals surface area contributed by atoms with E-state index in [9.17, 15) is 25.0 Å². The van der Waals surface area contributed by atoms with Gasteiger partial charge < -0.3 is 11.1 Å². The number of hydrogen-bond acceptors (Lipinski definition) is 7. The van der Waals surface area contributed by atoms with Crippen LogP contribution in [0.1, 0.15) is 32.3 Å². The van der Waals surface area contributed by atoms with Gasteiger partial charge in [-0.1, -0.05) is 38.1 Å². The Kier molecular flexibility index (Phi) is 4.42. The van der Waals surface area contributed by atoms with Crippen molar-refractivity contribution in [3.8, 4) is 6.07 Å². The van der Waals surface area contributed by atoms with Crippen LogP contribution in [0, 0.1) is 26.9 Å². The zero-order valence-electron chi connectivity index (χ0n) is 18.6. The molecule has 0 fully saturated rings. The summed E-state index contributed by atoms with van der Waals surface area (Å²) in [5, 5.41) is 24.5. The molecular formula is C25H21N5O4. The monoisotopic (exact) mass is 455 g/mol. The van der Waals surface area contributed by atoms with E-state index < -0.39 is 21.7 Å². The van der Waals surface area contributed by atoms with Crippen LogP contribution in [0.25, 0.3) is 0 Å². The van der Waals surface area contributed by atoms with Gasteiger partial charge in [0.1, 0.15) is 17.3 Å². The van der Waals surface area contributed by atoms with Crippen molar-refractivity contribution in [3.63, 3.8) is 0 Å². The van der Waals surface area contributed by atoms with E-state index in [1.165, 1.54) is 23.1 Å². The highest BCUT2D eigenvalue weighted by Gasteiger charge is 2.61. The Morgan fingerprint density at radius 2 is 1.88 bits per heavy atom. The van der Waals surface area contributed by atoms with Gasteiger partial charge in [-0.15, -0.1) is 0 Å². The number of nitrogens with two attached hydrogens (primary N) is 1. The number of anilines is 2. The summed E-state index contributed by atoms with van der Waals surface area (Å²) >= 11 is 0. The molecule has 1 amide bonds. The average Bonchev–Trinajstić information content (AvgIpc) is 3.05. The lowest BCUT2D eigenvalue weighted by Gasteiger charge is -2.46. The van der Waals surface area contributed by atoms with Crippen LogP contribution in [-0.4, -0.2) is 16.6 Å². The Bertz CT molecular complexity index is 1410. The standard InChI is InChI=1S/C25H21N5O4/c1-24(2)11-19-21(20(31)12-24)25(16-8-3-4-9-18(16)28-23(25)32)17(13-26)22(27)29(19)14-6-5-7-15(10-14)30(33)34/h3-10H,11-12,27H2,1-2H3,(H,28,32). The number of ketones is 1. The minimum absolute atomic E-state index is 0.0286. The molecule has 0 saturated heterocycles. The molecule has 1 unspecified atom stereocenters. The number of allylic oxidation sites excluding steroid dienone is 1. The molecule has 170 valence electrons. The van der Waals surface area contributed by atoms with E-state index in [1.807, 2.05) is 13.8 Å². The Morgan fingerprint density at radius 1 is 1.15 bits per heavy atom. The third-order valence-corrected chi connectivity index (χ3v) is 6.70. The van der Waals surface area contributed by atoms with Crippen molar-refractivity contribution in [2.45, 2.75) is 32.1 Å². The molecule has 1 atom stereocenters. The van der Waals surface area contributed by atoms with Crippen molar-refractivity contribution in [1.82, 2.24) is 0 Å². The van der Waals surface area contributed by atoms with Gasteiger partial charge in [0.05, 0.1) is 16.2 Å². The van der Waals surface area contributed by atoms with E-state index in [4.69, 9.17) is 5.73 Å². The molecule has 2 aliphatic heterocycles. The lowest BCUT2D eigenvalue weighted by molar-refractivity contribution is -0.384. The molecule has 2 heterocycles. The van der Waals surface area contributed by atoms with Crippen LogP contribution in [0.15, 0.2) is 71.2 Å². The first-order valence-electron chi connectivity index (χ1n) is 10.7. The summed E-state index contributed by atoms with van der Waals surface area (Å²) in [6.07, 6.45) is 0.567. The maximum atomic E-state index is 13.7. The zero-order valence-corrected chi connectivity index (χ0v) is 18.6. The summed E-state index contributed by atoms with van der Waals surface area (Å²) < 4.78 is 0. The fourth-order valence-electron chi connectivity index (χ4n) is 5.41. The molecule has 1 spiro atoms. The first kappa shape index (κ1) is 21.4. The summed E-state index contributed by atoms with van der Waals surface area (Å²) in [4.78, 5) is 39.8. The number of nitro benzene ring substituents is 1. The molecule has 0 bridgehead atoms. The topological polar surface area (TPSA) is 142 Å². The van der Waals surface area contributed by atoms with Crippen molar-refractivity contribution < 1.29 is 14.5 Å². The van der Waals surface area contributed by atoms with E-state index in [1.54, 1.807) is 30.3 Å². The molecule has 2 aromatic rings. The smallest absolute Gasteiger partial charge is 0.271 e. The zero-order chi connectivity index (χ0) is 24.4. The lowest BCUT2D eigenvalue weighted by Crippen LogP contribution is -2.52. The molecule has 0 aromatic heterocycles. The van der Waals surface area contributed by atoms with Crippen LogP contribution in [0.2, 0.25) is 0 Å². The number of carbonyl (C=O) groups excluding carboxylic acids is 2. The van der Waals surface area contributed by atoms with Crippen molar-refractivity contribution in [2.24, 2.45) is 11.1 Å². The molecule has 0 saturated carbocycles. The summed E-state index contributed by atoms with van der Waals surface area (Å²) in [6.45, 7) is 3.88. The summed E-state index contributed by atoms with van der Waals surface area (Å²) in [5.41, 5.74) is 6.28. The molecule has 9 heteroatoms. The Labute approximate surface area is 195 Å². The van der Waals surface area contributed by atoms with Crippen LogP contribution in [-0.2, 0) is 15.0 Å². The van der Waals surface area contributed by atoms with Crippen LogP contribution in [0.5, 0.6) is 0 Å². The van der Waals surface area contributed by atoms with Crippen LogP contribution in [0.3, 0.4) is 0 Å². The molecule has 1 aliphatic carbocycles. The number of para-hydroxylation sites is 1. The van der Waals surface area contributed by atoms with Gasteiger partial charge in [-0.2, -0.15) is 5.26 Å². The number of carbonyl (C=O) groups is 2. The molecule has 34 heavy (non-hydrogen) atoms. The highest BCUT2D eigenvalue weighted by atomic mass is 16.6. The fourth-order valence-corrected chi connectivity index (χ4v) is 5.41. The van der Waals surface area contributed by atoms with Gasteiger partial charge in [0, 0.05) is 41.1 Å². The van der Waals surface area contributed by atoms with Gasteiger partial charge in [-0.05, 0) is 24.0 Å². The molecule has 0 radical (unpaired) electrons. The van der Waals surface area contributed by atoms with Gasteiger partial charge >= 0.3 is 0 Å². The minimum Gasteiger partial charge on any atom is -0.384 e. The second-order valence-corrected chi connectivity index (χ2v) is 9.50. The molecule has 2 aromatic carbocycles. The predicted molar refractivity (Wildman–Crippen MR) is 124 cm³/mol. The highest BCUT2D eigenvalue weighted by Crippen LogP contribution is 2.57. The number of rotatable bonds is 2. The predicted octanol–water partition coefficient (Wildman–Crippen LogP) is 3.64. The Morgan fingerprint density at radius 3 is 2.59 bits per heavy atom. The summed E-state index contributed by atoms with van der Waals surface area (Å²) in [5.74, 6) is -0.791. The first-order valence-corrected chi connectivity index (χ1v) is 10.7. The number of nitrogens with zero attached hydrogens (tertiary/aromatic N) is 3. The number of Topliss-reactive ketones (excluding diaryl/α,β-unsaturated/α-hetero) is 1. The number of nitrogens with one attached hydrogen (secondary N) is 1. The number of amides is 1. The third-order valence-electron chi connectivity index (χ3n) is 6.70. The van der Waals surface area contributed by atoms with Gasteiger partial charge in [-0.3, -0.25) is 24.6 Å². The second-order valence-electron chi connectivity index (χ2n) is 9.50. The van der Waals surface area contributed by atoms with Gasteiger partial charge in [-0.25, -0.2) is 0 Å². The van der Waals surface area contributed by atoms with Gasteiger partial charge in [0.2, 0.25) is 5.91 Å². The van der Waals surface area contributed by atoms with E-state index in [0.717, 1.165) is 0 Å². The van der Waals surface area contributed by atoms with Crippen LogP contribution in [0.4, 0.5) is 17.1 Å². The maximum absolute atomic E-state index is 13.7. The average molecular weight is 455 g/mol. The van der Waals surface area contributed by atoms with Crippen LogP contribution < -0.4 is 16.0 Å². The molecule has 3 aliphatic rings. The number of non-ortho nitro benzene ring substituents is 1. The Hall–Kier alpha value is -4.45. The third kappa shape index (κ3) is 2.72. The Balaban J connectivity index is 1.89. The van der Waals surface area contributed by atoms with Gasteiger partial charge in [0.25, 0.3) is 5.69 Å². The van der Waals surface area contributed by atoms with Crippen LogP contribution >= 0.6 is 0 Å².